The number of nitrogens with zero attached hydrogens (tertiary/aromatic N) is 2. The lowest BCUT2D eigenvalue weighted by Gasteiger charge is -2.18. The molecule has 0 saturated carbocycles. The first kappa shape index (κ1) is 13.3. The lowest BCUT2D eigenvalue weighted by molar-refractivity contribution is 0.0436. The topological polar surface area (TPSA) is 65.2 Å². The fourth-order valence-electron chi connectivity index (χ4n) is 2.45. The number of carbonyl (C=O) groups is 1. The number of fused-ring (bicyclic) bond motifs is 1. The van der Waals surface area contributed by atoms with Crippen LogP contribution >= 0.6 is 11.3 Å². The van der Waals surface area contributed by atoms with Crippen LogP contribution in [0.3, 0.4) is 0 Å². The largest absolute Gasteiger partial charge is 0.452 e. The number of hydrogen-bond donors (Lipinski definition) is 0. The molecule has 0 unspecified atom stereocenters. The van der Waals surface area contributed by atoms with Gasteiger partial charge in [-0.15, -0.1) is 21.5 Å². The van der Waals surface area contributed by atoms with Crippen molar-refractivity contribution in [1.82, 2.24) is 10.2 Å². The van der Waals surface area contributed by atoms with E-state index in [9.17, 15) is 4.79 Å². The van der Waals surface area contributed by atoms with E-state index >= 15 is 0 Å². The number of carbonyl (C=O) groups excluding carboxylic acids is 1. The van der Waals surface area contributed by atoms with E-state index in [1.807, 2.05) is 5.38 Å². The number of esters is 1. The van der Waals surface area contributed by atoms with E-state index in [1.165, 1.54) is 10.4 Å². The van der Waals surface area contributed by atoms with Crippen molar-refractivity contribution in [2.75, 3.05) is 0 Å². The molecule has 1 aliphatic rings. The van der Waals surface area contributed by atoms with Gasteiger partial charge in [0.05, 0.1) is 5.56 Å². The molecule has 0 amide bonds. The molecule has 6 heteroatoms. The third-order valence-electron chi connectivity index (χ3n) is 3.52. The van der Waals surface area contributed by atoms with E-state index in [0.717, 1.165) is 19.3 Å². The van der Waals surface area contributed by atoms with Crippen molar-refractivity contribution in [3.8, 4) is 0 Å². The molecule has 20 heavy (non-hydrogen) atoms. The maximum absolute atomic E-state index is 12.1. The fraction of sp³-hybridized carbons (Fsp3) is 0.500. The van der Waals surface area contributed by atoms with Gasteiger partial charge in [0.2, 0.25) is 5.89 Å². The first-order valence-corrected chi connectivity index (χ1v) is 7.57. The van der Waals surface area contributed by atoms with Crippen molar-refractivity contribution >= 4 is 17.3 Å². The minimum absolute atomic E-state index is 0.0285. The lowest BCUT2D eigenvalue weighted by Crippen LogP contribution is -2.13. The summed E-state index contributed by atoms with van der Waals surface area (Å²) in [6.07, 6.45) is 3.16. The summed E-state index contributed by atoms with van der Waals surface area (Å²) >= 11 is 1.66. The molecule has 0 fully saturated rings. The number of hydrogen-bond acceptors (Lipinski definition) is 6. The van der Waals surface area contributed by atoms with Crippen molar-refractivity contribution in [2.45, 2.75) is 39.7 Å². The van der Waals surface area contributed by atoms with Crippen LogP contribution in [0.4, 0.5) is 0 Å². The first-order chi connectivity index (χ1) is 9.63. The molecular weight excluding hydrogens is 276 g/mol. The molecule has 106 valence electrons. The van der Waals surface area contributed by atoms with Crippen molar-refractivity contribution < 1.29 is 13.9 Å². The van der Waals surface area contributed by atoms with Crippen LogP contribution in [-0.4, -0.2) is 16.2 Å². The van der Waals surface area contributed by atoms with E-state index in [0.29, 0.717) is 23.3 Å². The summed E-state index contributed by atoms with van der Waals surface area (Å²) < 4.78 is 10.4. The van der Waals surface area contributed by atoms with Crippen LogP contribution in [0.15, 0.2) is 9.80 Å². The summed E-state index contributed by atoms with van der Waals surface area (Å²) in [6.45, 7) is 3.98. The number of aryl methyl sites for hydroxylation is 1. The third-order valence-corrected chi connectivity index (χ3v) is 4.57. The summed E-state index contributed by atoms with van der Waals surface area (Å²) in [5.74, 6) is 1.20. The minimum atomic E-state index is -0.298. The zero-order valence-corrected chi connectivity index (χ0v) is 12.3. The zero-order chi connectivity index (χ0) is 14.1. The smallest absolute Gasteiger partial charge is 0.339 e. The van der Waals surface area contributed by atoms with Crippen LogP contribution in [0.5, 0.6) is 0 Å². The Morgan fingerprint density at radius 3 is 3.15 bits per heavy atom. The zero-order valence-electron chi connectivity index (χ0n) is 11.5. The summed E-state index contributed by atoms with van der Waals surface area (Å²) in [5, 5.41) is 9.41. The molecule has 2 aromatic rings. The molecule has 0 saturated heterocycles. The Morgan fingerprint density at radius 2 is 2.40 bits per heavy atom. The van der Waals surface area contributed by atoms with Gasteiger partial charge >= 0.3 is 5.97 Å². The Morgan fingerprint density at radius 1 is 1.55 bits per heavy atom. The number of thiophene rings is 1. The first-order valence-electron chi connectivity index (χ1n) is 6.69. The highest BCUT2D eigenvalue weighted by Crippen LogP contribution is 2.33. The third kappa shape index (κ3) is 2.60. The molecule has 0 radical (unpaired) electrons. The number of rotatable bonds is 3. The molecule has 0 N–H and O–H groups in total. The summed E-state index contributed by atoms with van der Waals surface area (Å²) in [5.41, 5.74) is 1.87. The highest BCUT2D eigenvalue weighted by Gasteiger charge is 2.24. The molecule has 1 aliphatic carbocycles. The Balaban J connectivity index is 1.69. The van der Waals surface area contributed by atoms with Gasteiger partial charge in [-0.2, -0.15) is 0 Å². The predicted molar refractivity (Wildman–Crippen MR) is 73.7 cm³/mol. The standard InChI is InChI=1S/C14H16N2O3S/c1-8-3-4-10-11(7-20-12(10)5-8)14(17)18-6-13-16-15-9(2)19-13/h7-8H,3-6H2,1-2H3/t8-/m0/s1. The highest BCUT2D eigenvalue weighted by atomic mass is 32.1. The summed E-state index contributed by atoms with van der Waals surface area (Å²) in [7, 11) is 0. The SMILES string of the molecule is Cc1nnc(COC(=O)c2csc3c2CC[C@H](C)C3)o1. The molecule has 2 aromatic heterocycles. The molecule has 1 atom stereocenters. The van der Waals surface area contributed by atoms with E-state index in [4.69, 9.17) is 9.15 Å². The van der Waals surface area contributed by atoms with Crippen LogP contribution in [0.25, 0.3) is 0 Å². The van der Waals surface area contributed by atoms with E-state index in [1.54, 1.807) is 18.3 Å². The van der Waals surface area contributed by atoms with Gasteiger partial charge in [0, 0.05) is 17.2 Å². The second kappa shape index (κ2) is 5.36. The lowest BCUT2D eigenvalue weighted by atomic mass is 9.88. The van der Waals surface area contributed by atoms with Crippen molar-refractivity contribution in [3.63, 3.8) is 0 Å². The van der Waals surface area contributed by atoms with Crippen LogP contribution in [0, 0.1) is 12.8 Å². The molecule has 0 bridgehead atoms. The van der Waals surface area contributed by atoms with Crippen LogP contribution < -0.4 is 0 Å². The fourth-order valence-corrected chi connectivity index (χ4v) is 3.68. The van der Waals surface area contributed by atoms with E-state index in [-0.39, 0.29) is 12.6 Å². The normalized spacial score (nSPS) is 17.8. The van der Waals surface area contributed by atoms with Gasteiger partial charge < -0.3 is 9.15 Å². The monoisotopic (exact) mass is 292 g/mol. The molecule has 0 spiro atoms. The number of aromatic nitrogens is 2. The van der Waals surface area contributed by atoms with Gasteiger partial charge in [0.15, 0.2) is 6.61 Å². The van der Waals surface area contributed by atoms with Gasteiger partial charge in [-0.1, -0.05) is 6.92 Å². The molecule has 0 aliphatic heterocycles. The van der Waals surface area contributed by atoms with Crippen LogP contribution in [-0.2, 0) is 24.2 Å². The number of ether oxygens (including phenoxy) is 1. The average Bonchev–Trinajstić information content (AvgIpc) is 3.01. The molecule has 0 aromatic carbocycles. The van der Waals surface area contributed by atoms with E-state index in [2.05, 4.69) is 17.1 Å². The molecule has 3 rings (SSSR count). The molecule has 5 nitrogen and oxygen atoms in total. The van der Waals surface area contributed by atoms with E-state index < -0.39 is 0 Å². The van der Waals surface area contributed by atoms with Crippen molar-refractivity contribution in [3.05, 3.63) is 33.2 Å². The van der Waals surface area contributed by atoms with Gasteiger partial charge in [-0.05, 0) is 30.7 Å². The highest BCUT2D eigenvalue weighted by molar-refractivity contribution is 7.10. The minimum Gasteiger partial charge on any atom is -0.452 e. The van der Waals surface area contributed by atoms with Crippen LogP contribution in [0.2, 0.25) is 0 Å². The summed E-state index contributed by atoms with van der Waals surface area (Å²) in [4.78, 5) is 13.5. The Hall–Kier alpha value is -1.69. The maximum atomic E-state index is 12.1. The van der Waals surface area contributed by atoms with Gasteiger partial charge in [-0.25, -0.2) is 4.79 Å². The molecule has 2 heterocycles. The van der Waals surface area contributed by atoms with Gasteiger partial charge in [0.25, 0.3) is 5.89 Å². The average molecular weight is 292 g/mol. The van der Waals surface area contributed by atoms with Crippen molar-refractivity contribution in [2.24, 2.45) is 5.92 Å². The quantitative estimate of drug-likeness (QED) is 0.814. The maximum Gasteiger partial charge on any atom is 0.339 e. The predicted octanol–water partition coefficient (Wildman–Crippen LogP) is 2.92. The van der Waals surface area contributed by atoms with Gasteiger partial charge in [0.1, 0.15) is 0 Å². The van der Waals surface area contributed by atoms with Crippen LogP contribution in [0.1, 0.15) is 45.9 Å². The van der Waals surface area contributed by atoms with Crippen molar-refractivity contribution in [1.29, 1.82) is 0 Å². The summed E-state index contributed by atoms with van der Waals surface area (Å²) in [6, 6.07) is 0. The molecular formula is C14H16N2O3S. The Kier molecular flexibility index (Phi) is 3.56. The second-order valence-electron chi connectivity index (χ2n) is 5.19. The van der Waals surface area contributed by atoms with Gasteiger partial charge in [-0.3, -0.25) is 0 Å². The Labute approximate surface area is 121 Å². The second-order valence-corrected chi connectivity index (χ2v) is 6.15. The Bertz CT molecular complexity index is 632.